The maximum Gasteiger partial charge on any atom is 0.304 e. The minimum Gasteiger partial charge on any atom is -0.493 e. The monoisotopic (exact) mass is 293 g/mol. The molecule has 1 aromatic carbocycles. The van der Waals surface area contributed by atoms with Crippen LogP contribution in [-0.2, 0) is 4.79 Å². The van der Waals surface area contributed by atoms with Gasteiger partial charge in [-0.1, -0.05) is 18.2 Å². The predicted molar refractivity (Wildman–Crippen MR) is 76.4 cm³/mol. The Balaban J connectivity index is 1.72. The molecule has 1 aromatic rings. The second kappa shape index (κ2) is 6.02. The fourth-order valence-corrected chi connectivity index (χ4v) is 3.45. The standard InChI is InChI=1S/C16H20FNO3/c17-12-7-13(8-16(19)20)18(10-12)9-11-5-6-21-15-4-2-1-3-14(11)15/h1-4,11-13H,5-10H2,(H,19,20)/t11?,12-,13-/m0/s1. The Bertz CT molecular complexity index is 522. The smallest absolute Gasteiger partial charge is 0.304 e. The zero-order valence-electron chi connectivity index (χ0n) is 11.9. The molecule has 1 unspecified atom stereocenters. The third-order valence-electron chi connectivity index (χ3n) is 4.42. The second-order valence-corrected chi connectivity index (χ2v) is 5.91. The number of aliphatic carboxylic acids is 1. The van der Waals surface area contributed by atoms with E-state index < -0.39 is 12.1 Å². The van der Waals surface area contributed by atoms with Crippen molar-refractivity contribution >= 4 is 5.97 Å². The number of benzene rings is 1. The molecule has 0 radical (unpaired) electrons. The van der Waals surface area contributed by atoms with E-state index in [1.807, 2.05) is 29.2 Å². The number of nitrogens with zero attached hydrogens (tertiary/aromatic N) is 1. The van der Waals surface area contributed by atoms with Gasteiger partial charge in [-0.2, -0.15) is 0 Å². The highest BCUT2D eigenvalue weighted by Crippen LogP contribution is 2.35. The van der Waals surface area contributed by atoms with Crippen LogP contribution in [0.2, 0.25) is 0 Å². The molecule has 21 heavy (non-hydrogen) atoms. The summed E-state index contributed by atoms with van der Waals surface area (Å²) in [6.45, 7) is 1.72. The molecule has 2 heterocycles. The number of fused-ring (bicyclic) bond motifs is 1. The number of carboxylic acid groups (broad SMARTS) is 1. The van der Waals surface area contributed by atoms with Crippen LogP contribution in [0.15, 0.2) is 24.3 Å². The van der Waals surface area contributed by atoms with Gasteiger partial charge < -0.3 is 9.84 Å². The molecule has 5 heteroatoms. The number of halogens is 1. The summed E-state index contributed by atoms with van der Waals surface area (Å²) < 4.78 is 19.3. The SMILES string of the molecule is O=C(O)C[C@@H]1C[C@H](F)CN1CC1CCOc2ccccc21. The summed E-state index contributed by atoms with van der Waals surface area (Å²) in [7, 11) is 0. The minimum absolute atomic E-state index is 0.0191. The van der Waals surface area contributed by atoms with Crippen LogP contribution in [0.25, 0.3) is 0 Å². The van der Waals surface area contributed by atoms with Crippen molar-refractivity contribution in [1.29, 1.82) is 0 Å². The molecule has 1 fully saturated rings. The molecule has 0 saturated carbocycles. The Morgan fingerprint density at radius 1 is 1.43 bits per heavy atom. The molecule has 2 aliphatic heterocycles. The second-order valence-electron chi connectivity index (χ2n) is 5.91. The molecule has 3 rings (SSSR count). The number of carboxylic acids is 1. The van der Waals surface area contributed by atoms with Crippen molar-refractivity contribution in [2.75, 3.05) is 19.7 Å². The molecule has 0 amide bonds. The Labute approximate surface area is 123 Å². The van der Waals surface area contributed by atoms with Crippen LogP contribution < -0.4 is 4.74 Å². The lowest BCUT2D eigenvalue weighted by Crippen LogP contribution is -2.36. The first-order valence-corrected chi connectivity index (χ1v) is 7.45. The minimum atomic E-state index is -0.913. The first-order chi connectivity index (χ1) is 10.1. The molecule has 0 aliphatic carbocycles. The van der Waals surface area contributed by atoms with E-state index >= 15 is 0 Å². The average molecular weight is 293 g/mol. The van der Waals surface area contributed by atoms with Crippen molar-refractivity contribution in [3.63, 3.8) is 0 Å². The maximum atomic E-state index is 13.7. The summed E-state index contributed by atoms with van der Waals surface area (Å²) in [6.07, 6.45) is 0.330. The summed E-state index contributed by atoms with van der Waals surface area (Å²) in [5.74, 6) is 0.336. The van der Waals surface area contributed by atoms with E-state index in [9.17, 15) is 9.18 Å². The van der Waals surface area contributed by atoms with Gasteiger partial charge in [0.2, 0.25) is 0 Å². The van der Waals surface area contributed by atoms with Gasteiger partial charge in [0, 0.05) is 25.0 Å². The van der Waals surface area contributed by atoms with Crippen molar-refractivity contribution in [3.8, 4) is 5.75 Å². The van der Waals surface area contributed by atoms with Crippen molar-refractivity contribution in [1.82, 2.24) is 4.90 Å². The number of para-hydroxylation sites is 1. The van der Waals surface area contributed by atoms with Gasteiger partial charge in [0.25, 0.3) is 0 Å². The topological polar surface area (TPSA) is 49.8 Å². The number of hydrogen-bond acceptors (Lipinski definition) is 3. The van der Waals surface area contributed by atoms with Crippen LogP contribution in [0.4, 0.5) is 4.39 Å². The third kappa shape index (κ3) is 3.18. The Hall–Kier alpha value is -1.62. The van der Waals surface area contributed by atoms with Crippen LogP contribution in [0.3, 0.4) is 0 Å². The van der Waals surface area contributed by atoms with E-state index in [-0.39, 0.29) is 18.4 Å². The van der Waals surface area contributed by atoms with Gasteiger partial charge in [0.1, 0.15) is 11.9 Å². The van der Waals surface area contributed by atoms with Crippen LogP contribution in [-0.4, -0.2) is 47.9 Å². The highest BCUT2D eigenvalue weighted by atomic mass is 19.1. The number of rotatable bonds is 4. The zero-order valence-corrected chi connectivity index (χ0v) is 11.9. The van der Waals surface area contributed by atoms with Crippen LogP contribution >= 0.6 is 0 Å². The molecule has 0 aromatic heterocycles. The van der Waals surface area contributed by atoms with E-state index in [0.717, 1.165) is 17.7 Å². The summed E-state index contributed by atoms with van der Waals surface area (Å²) in [5.41, 5.74) is 1.15. The highest BCUT2D eigenvalue weighted by Gasteiger charge is 2.35. The predicted octanol–water partition coefficient (Wildman–Crippen LogP) is 2.44. The molecule has 1 saturated heterocycles. The fraction of sp³-hybridized carbons (Fsp3) is 0.562. The Kier molecular flexibility index (Phi) is 4.10. The summed E-state index contributed by atoms with van der Waals surface area (Å²) >= 11 is 0. The Morgan fingerprint density at radius 2 is 2.24 bits per heavy atom. The van der Waals surface area contributed by atoms with Crippen LogP contribution in [0.5, 0.6) is 5.75 Å². The molecule has 0 spiro atoms. The van der Waals surface area contributed by atoms with Gasteiger partial charge in [-0.25, -0.2) is 4.39 Å². The normalized spacial score (nSPS) is 28.9. The summed E-state index contributed by atoms with van der Waals surface area (Å²) in [6, 6.07) is 7.75. The Morgan fingerprint density at radius 3 is 3.05 bits per heavy atom. The summed E-state index contributed by atoms with van der Waals surface area (Å²) in [5, 5.41) is 8.97. The molecule has 114 valence electrons. The first kappa shape index (κ1) is 14.3. The van der Waals surface area contributed by atoms with Crippen LogP contribution in [0.1, 0.15) is 30.7 Å². The number of hydrogen-bond donors (Lipinski definition) is 1. The van der Waals surface area contributed by atoms with E-state index in [2.05, 4.69) is 0 Å². The van der Waals surface area contributed by atoms with Gasteiger partial charge >= 0.3 is 5.97 Å². The lowest BCUT2D eigenvalue weighted by molar-refractivity contribution is -0.138. The number of carbonyl (C=O) groups is 1. The lowest BCUT2D eigenvalue weighted by Gasteiger charge is -2.31. The van der Waals surface area contributed by atoms with Gasteiger partial charge in [-0.3, -0.25) is 9.69 Å². The van der Waals surface area contributed by atoms with Crippen LogP contribution in [0, 0.1) is 0 Å². The van der Waals surface area contributed by atoms with Crippen molar-refractivity contribution in [2.45, 2.75) is 37.4 Å². The summed E-state index contributed by atoms with van der Waals surface area (Å²) in [4.78, 5) is 12.9. The number of ether oxygens (including phenoxy) is 1. The average Bonchev–Trinajstić information content (AvgIpc) is 2.78. The number of alkyl halides is 1. The van der Waals surface area contributed by atoms with E-state index in [1.54, 1.807) is 0 Å². The third-order valence-corrected chi connectivity index (χ3v) is 4.42. The molecule has 0 bridgehead atoms. The number of likely N-dealkylation sites (tertiary alicyclic amines) is 1. The molecule has 2 aliphatic rings. The molecule has 3 atom stereocenters. The van der Waals surface area contributed by atoms with E-state index in [1.165, 1.54) is 0 Å². The fourth-order valence-electron chi connectivity index (χ4n) is 3.45. The van der Waals surface area contributed by atoms with Gasteiger partial charge in [0.15, 0.2) is 0 Å². The van der Waals surface area contributed by atoms with Gasteiger partial charge in [0.05, 0.1) is 13.0 Å². The van der Waals surface area contributed by atoms with Gasteiger partial charge in [-0.05, 0) is 24.5 Å². The lowest BCUT2D eigenvalue weighted by atomic mass is 9.92. The highest BCUT2D eigenvalue weighted by molar-refractivity contribution is 5.67. The maximum absolute atomic E-state index is 13.7. The van der Waals surface area contributed by atoms with E-state index in [0.29, 0.717) is 26.1 Å². The first-order valence-electron chi connectivity index (χ1n) is 7.45. The molecule has 4 nitrogen and oxygen atoms in total. The van der Waals surface area contributed by atoms with Gasteiger partial charge in [-0.15, -0.1) is 0 Å². The zero-order chi connectivity index (χ0) is 14.8. The largest absolute Gasteiger partial charge is 0.493 e. The molecule has 1 N–H and O–H groups in total. The molecular formula is C16H20FNO3. The van der Waals surface area contributed by atoms with Crippen molar-refractivity contribution in [3.05, 3.63) is 29.8 Å². The van der Waals surface area contributed by atoms with Crippen molar-refractivity contribution < 1.29 is 19.0 Å². The van der Waals surface area contributed by atoms with Crippen molar-refractivity contribution in [2.24, 2.45) is 0 Å². The molecular weight excluding hydrogens is 273 g/mol. The quantitative estimate of drug-likeness (QED) is 0.926. The van der Waals surface area contributed by atoms with E-state index in [4.69, 9.17) is 9.84 Å².